The summed E-state index contributed by atoms with van der Waals surface area (Å²) < 4.78 is 57.5. The van der Waals surface area contributed by atoms with E-state index in [4.69, 9.17) is 5.26 Å². The van der Waals surface area contributed by atoms with Crippen molar-refractivity contribution in [2.24, 2.45) is 0 Å². The second-order valence-electron chi connectivity index (χ2n) is 3.21. The van der Waals surface area contributed by atoms with Crippen LogP contribution in [0.25, 0.3) is 0 Å². The molecule has 4 nitrogen and oxygen atoms in total. The van der Waals surface area contributed by atoms with Crippen LogP contribution in [-0.2, 0) is 4.74 Å². The Balaban J connectivity index is 3.27. The maximum Gasteiger partial charge on any atom is 0.573 e. The second kappa shape index (κ2) is 5.56. The summed E-state index contributed by atoms with van der Waals surface area (Å²) >= 11 is 0. The van der Waals surface area contributed by atoms with Crippen molar-refractivity contribution < 1.29 is 31.8 Å². The van der Waals surface area contributed by atoms with Gasteiger partial charge in [0.1, 0.15) is 23.2 Å². The Bertz CT molecular complexity index is 534. The van der Waals surface area contributed by atoms with Crippen LogP contribution in [0, 0.1) is 17.1 Å². The highest BCUT2D eigenvalue weighted by molar-refractivity contribution is 5.92. The number of carbonyl (C=O) groups is 1. The third-order valence-electron chi connectivity index (χ3n) is 1.90. The fraction of sp³-hybridized carbons (Fsp3) is 0.273. The molecule has 1 aromatic rings. The monoisotopic (exact) mass is 277 g/mol. The zero-order valence-electron chi connectivity index (χ0n) is 9.55. The molecule has 1 aromatic carbocycles. The molecule has 0 aliphatic heterocycles. The van der Waals surface area contributed by atoms with Crippen molar-refractivity contribution >= 4 is 5.97 Å². The van der Waals surface area contributed by atoms with Crippen LogP contribution in [0.5, 0.6) is 5.75 Å². The number of nitriles is 1. The topological polar surface area (TPSA) is 59.3 Å². The summed E-state index contributed by atoms with van der Waals surface area (Å²) in [5, 5.41) is 8.68. The number of hydrogen-bond donors (Lipinski definition) is 0. The van der Waals surface area contributed by atoms with E-state index < -0.39 is 35.0 Å². The van der Waals surface area contributed by atoms with Gasteiger partial charge in [-0.1, -0.05) is 0 Å². The summed E-state index contributed by atoms with van der Waals surface area (Å²) in [5.41, 5.74) is -1.32. The number of carbonyl (C=O) groups excluding carboxylic acids is 1. The molecule has 0 N–H and O–H groups in total. The molecule has 0 spiro atoms. The third-order valence-corrected chi connectivity index (χ3v) is 1.90. The molecule has 0 aliphatic rings. The van der Waals surface area contributed by atoms with Crippen molar-refractivity contribution in [1.29, 1.82) is 5.26 Å². The summed E-state index contributed by atoms with van der Waals surface area (Å²) in [6, 6.07) is 2.35. The van der Waals surface area contributed by atoms with E-state index in [2.05, 4.69) is 9.47 Å². The van der Waals surface area contributed by atoms with E-state index in [1.54, 1.807) is 0 Å². The molecular formula is C11H7F4NO3. The Labute approximate surface area is 105 Å². The van der Waals surface area contributed by atoms with Gasteiger partial charge in [-0.15, -0.1) is 13.2 Å². The number of nitrogens with zero attached hydrogens (tertiary/aromatic N) is 1. The van der Waals surface area contributed by atoms with Crippen LogP contribution in [0.1, 0.15) is 22.8 Å². The average Bonchev–Trinajstić information content (AvgIpc) is 2.26. The number of esters is 1. The molecular weight excluding hydrogens is 270 g/mol. The van der Waals surface area contributed by atoms with Gasteiger partial charge in [-0.25, -0.2) is 9.18 Å². The van der Waals surface area contributed by atoms with Crippen molar-refractivity contribution in [1.82, 2.24) is 0 Å². The molecule has 0 aliphatic carbocycles. The molecule has 8 heteroatoms. The van der Waals surface area contributed by atoms with E-state index in [0.29, 0.717) is 12.1 Å². The highest BCUT2D eigenvalue weighted by atomic mass is 19.4. The largest absolute Gasteiger partial charge is 0.573 e. The van der Waals surface area contributed by atoms with Crippen LogP contribution >= 0.6 is 0 Å². The van der Waals surface area contributed by atoms with Gasteiger partial charge in [0.25, 0.3) is 0 Å². The lowest BCUT2D eigenvalue weighted by Gasteiger charge is -2.11. The fourth-order valence-electron chi connectivity index (χ4n) is 1.26. The fourth-order valence-corrected chi connectivity index (χ4v) is 1.26. The van der Waals surface area contributed by atoms with Gasteiger partial charge < -0.3 is 9.47 Å². The summed E-state index contributed by atoms with van der Waals surface area (Å²) in [6.07, 6.45) is -5.04. The van der Waals surface area contributed by atoms with Gasteiger partial charge in [-0.2, -0.15) is 5.26 Å². The summed E-state index contributed by atoms with van der Waals surface area (Å²) in [7, 11) is 0. The van der Waals surface area contributed by atoms with Gasteiger partial charge in [0, 0.05) is 6.07 Å². The van der Waals surface area contributed by atoms with E-state index in [1.165, 1.54) is 13.0 Å². The Hall–Kier alpha value is -2.30. The Morgan fingerprint density at radius 1 is 1.42 bits per heavy atom. The number of hydrogen-bond acceptors (Lipinski definition) is 4. The highest BCUT2D eigenvalue weighted by Gasteiger charge is 2.32. The quantitative estimate of drug-likeness (QED) is 0.629. The van der Waals surface area contributed by atoms with E-state index in [0.717, 1.165) is 0 Å². The van der Waals surface area contributed by atoms with Crippen molar-refractivity contribution in [2.45, 2.75) is 13.3 Å². The molecule has 0 saturated heterocycles. The van der Waals surface area contributed by atoms with Crippen molar-refractivity contribution in [3.05, 3.63) is 29.1 Å². The molecule has 1 rings (SSSR count). The molecule has 0 radical (unpaired) electrons. The first-order valence-corrected chi connectivity index (χ1v) is 4.95. The van der Waals surface area contributed by atoms with Crippen LogP contribution in [-0.4, -0.2) is 18.9 Å². The molecule has 0 heterocycles. The molecule has 0 amide bonds. The zero-order valence-corrected chi connectivity index (χ0v) is 9.55. The van der Waals surface area contributed by atoms with Gasteiger partial charge in [0.2, 0.25) is 0 Å². The van der Waals surface area contributed by atoms with Crippen LogP contribution in [0.15, 0.2) is 12.1 Å². The molecule has 0 aromatic heterocycles. The normalized spacial score (nSPS) is 10.7. The Kier molecular flexibility index (Phi) is 4.32. The minimum Gasteiger partial charge on any atom is -0.462 e. The third kappa shape index (κ3) is 3.84. The number of benzene rings is 1. The molecule has 0 fully saturated rings. The van der Waals surface area contributed by atoms with Gasteiger partial charge in [-0.3, -0.25) is 0 Å². The smallest absolute Gasteiger partial charge is 0.462 e. The predicted octanol–water partition coefficient (Wildman–Crippen LogP) is 2.77. The molecule has 19 heavy (non-hydrogen) atoms. The van der Waals surface area contributed by atoms with Gasteiger partial charge in [-0.05, 0) is 13.0 Å². The van der Waals surface area contributed by atoms with Crippen molar-refractivity contribution in [3.63, 3.8) is 0 Å². The molecule has 0 unspecified atom stereocenters. The predicted molar refractivity (Wildman–Crippen MR) is 53.8 cm³/mol. The van der Waals surface area contributed by atoms with Gasteiger partial charge in [0.05, 0.1) is 12.2 Å². The number of halogens is 4. The molecule has 0 atom stereocenters. The van der Waals surface area contributed by atoms with Gasteiger partial charge in [0.15, 0.2) is 0 Å². The van der Waals surface area contributed by atoms with Gasteiger partial charge >= 0.3 is 12.3 Å². The lowest BCUT2D eigenvalue weighted by Crippen LogP contribution is -2.18. The Morgan fingerprint density at radius 3 is 2.53 bits per heavy atom. The number of rotatable bonds is 3. The lowest BCUT2D eigenvalue weighted by atomic mass is 10.1. The zero-order chi connectivity index (χ0) is 14.6. The standard InChI is InChI=1S/C11H7F4NO3/c1-2-18-10(17)7-3-6(19-11(13,14)15)4-9(12)8(7)5-16/h3-4H,2H2,1H3. The van der Waals surface area contributed by atoms with Crippen molar-refractivity contribution in [2.75, 3.05) is 6.61 Å². The first-order chi connectivity index (χ1) is 8.78. The van der Waals surface area contributed by atoms with E-state index >= 15 is 0 Å². The number of ether oxygens (including phenoxy) is 2. The molecule has 102 valence electrons. The first kappa shape index (κ1) is 14.8. The summed E-state index contributed by atoms with van der Waals surface area (Å²) in [5.74, 6) is -3.34. The SMILES string of the molecule is CCOC(=O)c1cc(OC(F)(F)F)cc(F)c1C#N. The maximum absolute atomic E-state index is 13.4. The first-order valence-electron chi connectivity index (χ1n) is 4.95. The van der Waals surface area contributed by atoms with E-state index in [1.807, 2.05) is 0 Å². The minimum atomic E-state index is -5.04. The van der Waals surface area contributed by atoms with Crippen LogP contribution in [0.2, 0.25) is 0 Å². The van der Waals surface area contributed by atoms with Crippen LogP contribution in [0.4, 0.5) is 17.6 Å². The lowest BCUT2D eigenvalue weighted by molar-refractivity contribution is -0.274. The van der Waals surface area contributed by atoms with E-state index in [-0.39, 0.29) is 6.61 Å². The summed E-state index contributed by atoms with van der Waals surface area (Å²) in [6.45, 7) is 1.38. The minimum absolute atomic E-state index is 0.0737. The van der Waals surface area contributed by atoms with Crippen molar-refractivity contribution in [3.8, 4) is 11.8 Å². The van der Waals surface area contributed by atoms with E-state index in [9.17, 15) is 22.4 Å². The van der Waals surface area contributed by atoms with Crippen LogP contribution in [0.3, 0.4) is 0 Å². The summed E-state index contributed by atoms with van der Waals surface area (Å²) in [4.78, 5) is 11.4. The molecule has 0 saturated carbocycles. The average molecular weight is 277 g/mol. The Morgan fingerprint density at radius 2 is 2.05 bits per heavy atom. The maximum atomic E-state index is 13.4. The number of alkyl halides is 3. The van der Waals surface area contributed by atoms with Crippen LogP contribution < -0.4 is 4.74 Å². The second-order valence-corrected chi connectivity index (χ2v) is 3.21. The molecule has 0 bridgehead atoms. The highest BCUT2D eigenvalue weighted by Crippen LogP contribution is 2.27.